The minimum Gasteiger partial charge on any atom is -0.397 e. The lowest BCUT2D eigenvalue weighted by Crippen LogP contribution is -2.24. The van der Waals surface area contributed by atoms with Crippen LogP contribution in [0, 0.1) is 20.8 Å². The number of nitrogens with two attached hydrogens (primary N) is 1. The number of rotatable bonds is 2. The third-order valence-corrected chi connectivity index (χ3v) is 5.52. The van der Waals surface area contributed by atoms with E-state index in [0.717, 1.165) is 22.4 Å². The first-order valence-corrected chi connectivity index (χ1v) is 9.43. The number of thiol groups is 1. The van der Waals surface area contributed by atoms with Crippen molar-refractivity contribution < 1.29 is 9.59 Å². The van der Waals surface area contributed by atoms with Crippen molar-refractivity contribution >= 4 is 41.3 Å². The molecule has 0 aromatic heterocycles. The molecule has 3 aromatic rings. The van der Waals surface area contributed by atoms with E-state index in [0.29, 0.717) is 27.3 Å². The number of ketones is 2. The number of hydrogen-bond acceptors (Lipinski definition) is 5. The molecule has 3 N–H and O–H groups in total. The molecule has 0 bridgehead atoms. The molecule has 4 nitrogen and oxygen atoms in total. The largest absolute Gasteiger partial charge is 0.397 e. The zero-order chi connectivity index (χ0) is 20.2. The highest BCUT2D eigenvalue weighted by Gasteiger charge is 2.34. The maximum absolute atomic E-state index is 13.3. The highest BCUT2D eigenvalue weighted by Crippen LogP contribution is 2.40. The topological polar surface area (TPSA) is 72.2 Å². The lowest BCUT2D eigenvalue weighted by molar-refractivity contribution is 0.0980. The Balaban J connectivity index is 1.96. The minimum absolute atomic E-state index is 0.213. The summed E-state index contributed by atoms with van der Waals surface area (Å²) in [5.74, 6) is -0.464. The molecule has 0 amide bonds. The number of fused-ring (bicyclic) bond motifs is 2. The van der Waals surface area contributed by atoms with Crippen molar-refractivity contribution in [2.45, 2.75) is 25.7 Å². The van der Waals surface area contributed by atoms with Crippen LogP contribution < -0.4 is 11.1 Å². The predicted octanol–water partition coefficient (Wildman–Crippen LogP) is 5.00. The van der Waals surface area contributed by atoms with E-state index in [2.05, 4.69) is 30.1 Å². The first-order valence-electron chi connectivity index (χ1n) is 8.98. The van der Waals surface area contributed by atoms with E-state index in [-0.39, 0.29) is 22.8 Å². The Morgan fingerprint density at radius 2 is 1.39 bits per heavy atom. The molecule has 1 aliphatic rings. The summed E-state index contributed by atoms with van der Waals surface area (Å²) in [6, 6.07) is 12.7. The van der Waals surface area contributed by atoms with Crippen molar-refractivity contribution in [1.82, 2.24) is 0 Å². The summed E-state index contributed by atoms with van der Waals surface area (Å²) in [5.41, 5.74) is 12.4. The summed E-state index contributed by atoms with van der Waals surface area (Å²) >= 11 is 4.45. The summed E-state index contributed by atoms with van der Waals surface area (Å²) in [6.07, 6.45) is 0. The molecule has 0 saturated carbocycles. The van der Waals surface area contributed by atoms with Gasteiger partial charge in [0, 0.05) is 21.7 Å². The quantitative estimate of drug-likeness (QED) is 0.334. The second-order valence-corrected chi connectivity index (χ2v) is 7.69. The molecule has 140 valence electrons. The zero-order valence-electron chi connectivity index (χ0n) is 15.9. The summed E-state index contributed by atoms with van der Waals surface area (Å²) in [7, 11) is 0. The minimum atomic E-state index is -0.251. The molecule has 0 spiro atoms. The van der Waals surface area contributed by atoms with Gasteiger partial charge in [-0.1, -0.05) is 42.0 Å². The summed E-state index contributed by atoms with van der Waals surface area (Å²) in [5, 5.41) is 3.37. The first-order chi connectivity index (χ1) is 13.3. The summed E-state index contributed by atoms with van der Waals surface area (Å²) in [6.45, 7) is 6.06. The van der Waals surface area contributed by atoms with Gasteiger partial charge in [-0.25, -0.2) is 0 Å². The Hall–Kier alpha value is -3.05. The van der Waals surface area contributed by atoms with Crippen LogP contribution in [-0.4, -0.2) is 11.6 Å². The van der Waals surface area contributed by atoms with Crippen LogP contribution >= 0.6 is 12.6 Å². The van der Waals surface area contributed by atoms with Crippen LogP contribution in [0.15, 0.2) is 47.4 Å². The van der Waals surface area contributed by atoms with Crippen LogP contribution in [0.25, 0.3) is 0 Å². The number of hydrogen-bond donors (Lipinski definition) is 3. The van der Waals surface area contributed by atoms with Gasteiger partial charge in [-0.05, 0) is 38.0 Å². The van der Waals surface area contributed by atoms with Crippen molar-refractivity contribution in [2.75, 3.05) is 11.1 Å². The molecule has 0 aliphatic heterocycles. The molecular weight excluding hydrogens is 368 g/mol. The molecule has 28 heavy (non-hydrogen) atoms. The smallest absolute Gasteiger partial charge is 0.196 e. The van der Waals surface area contributed by atoms with Gasteiger partial charge in [0.15, 0.2) is 11.6 Å². The first kappa shape index (κ1) is 18.3. The fourth-order valence-electron chi connectivity index (χ4n) is 3.91. The van der Waals surface area contributed by atoms with E-state index in [9.17, 15) is 9.59 Å². The number of carbonyl (C=O) groups excluding carboxylic acids is 2. The number of benzene rings is 3. The Labute approximate surface area is 169 Å². The fourth-order valence-corrected chi connectivity index (χ4v) is 4.16. The number of nitrogens with one attached hydrogen (secondary N) is 1. The Bertz CT molecular complexity index is 1160. The van der Waals surface area contributed by atoms with Gasteiger partial charge in [0.2, 0.25) is 0 Å². The molecule has 0 saturated heterocycles. The van der Waals surface area contributed by atoms with Crippen molar-refractivity contribution in [1.29, 1.82) is 0 Å². The molecule has 3 aromatic carbocycles. The number of aryl methyl sites for hydroxylation is 3. The van der Waals surface area contributed by atoms with E-state index >= 15 is 0 Å². The van der Waals surface area contributed by atoms with Crippen LogP contribution in [-0.2, 0) is 0 Å². The third kappa shape index (κ3) is 2.70. The van der Waals surface area contributed by atoms with Gasteiger partial charge in [0.25, 0.3) is 0 Å². The zero-order valence-corrected chi connectivity index (χ0v) is 16.8. The third-order valence-electron chi connectivity index (χ3n) is 5.15. The van der Waals surface area contributed by atoms with E-state index in [4.69, 9.17) is 5.73 Å². The van der Waals surface area contributed by atoms with Crippen LogP contribution in [0.1, 0.15) is 48.5 Å². The molecule has 5 heteroatoms. The maximum atomic E-state index is 13.3. The number of carbonyl (C=O) groups is 2. The van der Waals surface area contributed by atoms with Crippen molar-refractivity contribution in [3.63, 3.8) is 0 Å². The van der Waals surface area contributed by atoms with Crippen LogP contribution in [0.4, 0.5) is 17.1 Å². The van der Waals surface area contributed by atoms with Crippen molar-refractivity contribution in [3.8, 4) is 0 Å². The average molecular weight is 388 g/mol. The van der Waals surface area contributed by atoms with Gasteiger partial charge < -0.3 is 11.1 Å². The number of nitrogen functional groups attached to an aromatic ring is 1. The molecule has 4 rings (SSSR count). The van der Waals surface area contributed by atoms with Gasteiger partial charge >= 0.3 is 0 Å². The molecular formula is C23H20N2O2S. The van der Waals surface area contributed by atoms with Crippen molar-refractivity contribution in [3.05, 3.63) is 81.4 Å². The standard InChI is InChI=1S/C23H20N2O2S/c1-11-8-12(2)21(13(3)9-11)25-16-10-17(28)20(24)19-18(16)22(26)14-6-4-5-7-15(14)23(19)27/h4-10,25,28H,24H2,1-3H3. The average Bonchev–Trinajstić information content (AvgIpc) is 2.65. The molecule has 0 heterocycles. The van der Waals surface area contributed by atoms with Crippen LogP contribution in [0.3, 0.4) is 0 Å². The Kier molecular flexibility index (Phi) is 4.27. The molecule has 1 aliphatic carbocycles. The molecule has 0 atom stereocenters. The Morgan fingerprint density at radius 3 is 1.96 bits per heavy atom. The lowest BCUT2D eigenvalue weighted by Gasteiger charge is -2.24. The second-order valence-electron chi connectivity index (χ2n) is 7.21. The van der Waals surface area contributed by atoms with E-state index < -0.39 is 0 Å². The normalized spacial score (nSPS) is 12.6. The summed E-state index contributed by atoms with van der Waals surface area (Å²) < 4.78 is 0. The monoisotopic (exact) mass is 388 g/mol. The van der Waals surface area contributed by atoms with Gasteiger partial charge in [0.05, 0.1) is 22.5 Å². The van der Waals surface area contributed by atoms with Gasteiger partial charge in [-0.2, -0.15) is 0 Å². The van der Waals surface area contributed by atoms with Crippen LogP contribution in [0.2, 0.25) is 0 Å². The van der Waals surface area contributed by atoms with E-state index in [1.165, 1.54) is 0 Å². The van der Waals surface area contributed by atoms with Gasteiger partial charge in [0.1, 0.15) is 0 Å². The highest BCUT2D eigenvalue weighted by molar-refractivity contribution is 7.80. The van der Waals surface area contributed by atoms with Gasteiger partial charge in [-0.3, -0.25) is 9.59 Å². The van der Waals surface area contributed by atoms with E-state index in [1.54, 1.807) is 30.3 Å². The highest BCUT2D eigenvalue weighted by atomic mass is 32.1. The van der Waals surface area contributed by atoms with Crippen LogP contribution in [0.5, 0.6) is 0 Å². The summed E-state index contributed by atoms with van der Waals surface area (Å²) in [4.78, 5) is 26.9. The fraction of sp³-hybridized carbons (Fsp3) is 0.130. The Morgan fingerprint density at radius 1 is 0.857 bits per heavy atom. The van der Waals surface area contributed by atoms with Gasteiger partial charge in [-0.15, -0.1) is 12.6 Å². The number of anilines is 3. The molecule has 0 radical (unpaired) electrons. The lowest BCUT2D eigenvalue weighted by atomic mass is 9.82. The van der Waals surface area contributed by atoms with Crippen molar-refractivity contribution in [2.24, 2.45) is 0 Å². The second kappa shape index (κ2) is 6.53. The molecule has 0 unspecified atom stereocenters. The SMILES string of the molecule is Cc1cc(C)c(Nc2cc(S)c(N)c3c2C(=O)c2ccccc2C3=O)c(C)c1. The maximum Gasteiger partial charge on any atom is 0.196 e. The molecule has 0 fully saturated rings. The predicted molar refractivity (Wildman–Crippen MR) is 115 cm³/mol. The van der Waals surface area contributed by atoms with E-state index in [1.807, 2.05) is 20.8 Å².